The van der Waals surface area contributed by atoms with E-state index in [-0.39, 0.29) is 11.1 Å². The van der Waals surface area contributed by atoms with Crippen LogP contribution in [0.4, 0.5) is 5.82 Å². The van der Waals surface area contributed by atoms with Gasteiger partial charge in [-0.25, -0.2) is 4.98 Å². The van der Waals surface area contributed by atoms with E-state index in [1.54, 1.807) is 18.2 Å². The molecule has 0 fully saturated rings. The van der Waals surface area contributed by atoms with Gasteiger partial charge in [-0.3, -0.25) is 9.78 Å². The van der Waals surface area contributed by atoms with Gasteiger partial charge in [-0.2, -0.15) is 0 Å². The zero-order valence-electron chi connectivity index (χ0n) is 9.45. The first kappa shape index (κ1) is 12.8. The molecule has 4 nitrogen and oxygen atoms in total. The van der Waals surface area contributed by atoms with Crippen LogP contribution in [0.25, 0.3) is 0 Å². The minimum absolute atomic E-state index is 0.223. The molecular weight excluding hydrogens is 273 g/mol. The number of carbonyl (C=O) groups excluding carboxylic acids is 1. The fraction of sp³-hybridized carbons (Fsp3) is 0.0833. The van der Waals surface area contributed by atoms with Crippen molar-refractivity contribution in [3.8, 4) is 0 Å². The van der Waals surface area contributed by atoms with E-state index in [4.69, 9.17) is 23.2 Å². The summed E-state index contributed by atoms with van der Waals surface area (Å²) >= 11 is 11.5. The van der Waals surface area contributed by atoms with E-state index >= 15 is 0 Å². The second kappa shape index (κ2) is 5.33. The summed E-state index contributed by atoms with van der Waals surface area (Å²) in [6.07, 6.45) is 2.82. The lowest BCUT2D eigenvalue weighted by Gasteiger charge is -2.07. The van der Waals surface area contributed by atoms with Crippen molar-refractivity contribution in [1.82, 2.24) is 9.97 Å². The summed E-state index contributed by atoms with van der Waals surface area (Å²) in [6, 6.07) is 5.04. The maximum Gasteiger partial charge on any atom is 0.257 e. The van der Waals surface area contributed by atoms with Crippen LogP contribution in [0.2, 0.25) is 10.2 Å². The molecule has 0 radical (unpaired) electrons. The van der Waals surface area contributed by atoms with E-state index in [1.807, 2.05) is 6.92 Å². The summed E-state index contributed by atoms with van der Waals surface area (Å²) in [6.45, 7) is 1.81. The quantitative estimate of drug-likeness (QED) is 0.919. The number of aryl methyl sites for hydroxylation is 1. The van der Waals surface area contributed by atoms with E-state index in [9.17, 15) is 4.79 Å². The average Bonchev–Trinajstić information content (AvgIpc) is 2.28. The molecule has 1 aromatic carbocycles. The highest BCUT2D eigenvalue weighted by Crippen LogP contribution is 2.16. The molecule has 1 heterocycles. The first-order valence-electron chi connectivity index (χ1n) is 5.11. The van der Waals surface area contributed by atoms with Crippen LogP contribution >= 0.6 is 23.2 Å². The van der Waals surface area contributed by atoms with Crippen LogP contribution in [-0.4, -0.2) is 15.9 Å². The van der Waals surface area contributed by atoms with Crippen LogP contribution < -0.4 is 5.32 Å². The Hall–Kier alpha value is -1.65. The van der Waals surface area contributed by atoms with Crippen molar-refractivity contribution in [2.45, 2.75) is 6.92 Å². The zero-order valence-corrected chi connectivity index (χ0v) is 11.0. The maximum absolute atomic E-state index is 12.0. The molecule has 0 aliphatic carbocycles. The van der Waals surface area contributed by atoms with Crippen LogP contribution in [0.5, 0.6) is 0 Å². The molecule has 2 rings (SSSR count). The van der Waals surface area contributed by atoms with Gasteiger partial charge < -0.3 is 5.32 Å². The number of hydrogen-bond acceptors (Lipinski definition) is 3. The van der Waals surface area contributed by atoms with Crippen molar-refractivity contribution in [1.29, 1.82) is 0 Å². The molecule has 0 saturated heterocycles. The topological polar surface area (TPSA) is 54.9 Å². The predicted octanol–water partition coefficient (Wildman–Crippen LogP) is 3.34. The van der Waals surface area contributed by atoms with Crippen molar-refractivity contribution in [2.24, 2.45) is 0 Å². The zero-order chi connectivity index (χ0) is 13.1. The number of benzene rings is 1. The summed E-state index contributed by atoms with van der Waals surface area (Å²) in [7, 11) is 0. The Morgan fingerprint density at radius 2 is 2.06 bits per heavy atom. The molecule has 2 aromatic rings. The Morgan fingerprint density at radius 3 is 2.72 bits per heavy atom. The van der Waals surface area contributed by atoms with Crippen molar-refractivity contribution in [2.75, 3.05) is 5.32 Å². The van der Waals surface area contributed by atoms with Crippen molar-refractivity contribution < 1.29 is 4.79 Å². The van der Waals surface area contributed by atoms with Gasteiger partial charge in [-0.15, -0.1) is 0 Å². The van der Waals surface area contributed by atoms with Gasteiger partial charge in [-0.1, -0.05) is 23.2 Å². The number of aromatic nitrogens is 2. The van der Waals surface area contributed by atoms with E-state index in [1.165, 1.54) is 12.4 Å². The Bertz CT molecular complexity index is 602. The third kappa shape index (κ3) is 2.97. The van der Waals surface area contributed by atoms with Gasteiger partial charge in [0, 0.05) is 10.6 Å². The largest absolute Gasteiger partial charge is 0.305 e. The molecule has 1 N–H and O–H groups in total. The van der Waals surface area contributed by atoms with E-state index in [2.05, 4.69) is 15.3 Å². The lowest BCUT2D eigenvalue weighted by Crippen LogP contribution is -2.14. The second-order valence-electron chi connectivity index (χ2n) is 3.64. The molecule has 0 saturated carbocycles. The third-order valence-corrected chi connectivity index (χ3v) is 2.70. The SMILES string of the molecule is Cc1cc(Cl)ccc1C(=O)Nc1cncc(Cl)n1. The van der Waals surface area contributed by atoms with Gasteiger partial charge in [0.2, 0.25) is 0 Å². The normalized spacial score (nSPS) is 10.2. The van der Waals surface area contributed by atoms with E-state index in [0.717, 1.165) is 5.56 Å². The monoisotopic (exact) mass is 281 g/mol. The summed E-state index contributed by atoms with van der Waals surface area (Å²) in [5, 5.41) is 3.43. The van der Waals surface area contributed by atoms with Crippen LogP contribution in [0.15, 0.2) is 30.6 Å². The average molecular weight is 282 g/mol. The maximum atomic E-state index is 12.0. The molecule has 0 aliphatic rings. The summed E-state index contributed by atoms with van der Waals surface area (Å²) in [4.78, 5) is 19.8. The van der Waals surface area contributed by atoms with Gasteiger partial charge in [0.1, 0.15) is 5.15 Å². The predicted molar refractivity (Wildman–Crippen MR) is 71.2 cm³/mol. The van der Waals surface area contributed by atoms with Crippen molar-refractivity contribution in [3.05, 3.63) is 51.9 Å². The smallest absolute Gasteiger partial charge is 0.257 e. The molecule has 92 valence electrons. The minimum Gasteiger partial charge on any atom is -0.305 e. The standard InChI is InChI=1S/C12H9Cl2N3O/c1-7-4-8(13)2-3-9(7)12(18)17-11-6-15-5-10(14)16-11/h2-6H,1H3,(H,16,17,18). The lowest BCUT2D eigenvalue weighted by atomic mass is 10.1. The van der Waals surface area contributed by atoms with E-state index < -0.39 is 0 Å². The fourth-order valence-corrected chi connectivity index (χ4v) is 1.84. The summed E-state index contributed by atoms with van der Waals surface area (Å²) in [5.74, 6) is 0.0302. The highest BCUT2D eigenvalue weighted by molar-refractivity contribution is 6.30. The molecule has 1 aromatic heterocycles. The Balaban J connectivity index is 2.22. The number of rotatable bonds is 2. The van der Waals surface area contributed by atoms with Crippen LogP contribution in [0.3, 0.4) is 0 Å². The van der Waals surface area contributed by atoms with Crippen LogP contribution in [-0.2, 0) is 0 Å². The number of amides is 1. The Kier molecular flexibility index (Phi) is 3.79. The van der Waals surface area contributed by atoms with Gasteiger partial charge in [0.25, 0.3) is 5.91 Å². The molecule has 0 spiro atoms. The Morgan fingerprint density at radius 1 is 1.28 bits per heavy atom. The third-order valence-electron chi connectivity index (χ3n) is 2.28. The molecular formula is C12H9Cl2N3O. The first-order valence-corrected chi connectivity index (χ1v) is 5.87. The van der Waals surface area contributed by atoms with Crippen molar-refractivity contribution in [3.63, 3.8) is 0 Å². The molecule has 6 heteroatoms. The fourth-order valence-electron chi connectivity index (χ4n) is 1.47. The minimum atomic E-state index is -0.277. The molecule has 1 amide bonds. The molecule has 0 atom stereocenters. The number of halogens is 2. The molecule has 0 aliphatic heterocycles. The van der Waals surface area contributed by atoms with Gasteiger partial charge in [0.15, 0.2) is 5.82 Å². The summed E-state index contributed by atoms with van der Waals surface area (Å²) in [5.41, 5.74) is 1.32. The second-order valence-corrected chi connectivity index (χ2v) is 4.46. The van der Waals surface area contributed by atoms with Crippen LogP contribution in [0, 0.1) is 6.92 Å². The van der Waals surface area contributed by atoms with Crippen molar-refractivity contribution >= 4 is 34.9 Å². The molecule has 0 unspecified atom stereocenters. The number of nitrogens with zero attached hydrogens (tertiary/aromatic N) is 2. The highest BCUT2D eigenvalue weighted by Gasteiger charge is 2.10. The van der Waals surface area contributed by atoms with E-state index in [0.29, 0.717) is 16.4 Å². The van der Waals surface area contributed by atoms with Gasteiger partial charge in [-0.05, 0) is 30.7 Å². The van der Waals surface area contributed by atoms with Crippen LogP contribution in [0.1, 0.15) is 15.9 Å². The number of anilines is 1. The first-order chi connectivity index (χ1) is 8.56. The molecule has 0 bridgehead atoms. The number of carbonyl (C=O) groups is 1. The number of hydrogen-bond donors (Lipinski definition) is 1. The Labute approximate surface area is 114 Å². The molecule has 18 heavy (non-hydrogen) atoms. The summed E-state index contributed by atoms with van der Waals surface area (Å²) < 4.78 is 0. The van der Waals surface area contributed by atoms with Gasteiger partial charge in [0.05, 0.1) is 12.4 Å². The lowest BCUT2D eigenvalue weighted by molar-refractivity contribution is 0.102. The number of nitrogens with one attached hydrogen (secondary N) is 1. The highest BCUT2D eigenvalue weighted by atomic mass is 35.5. The van der Waals surface area contributed by atoms with Gasteiger partial charge >= 0.3 is 0 Å².